The van der Waals surface area contributed by atoms with Crippen molar-refractivity contribution in [1.29, 1.82) is 0 Å². The van der Waals surface area contributed by atoms with Crippen LogP contribution < -0.4 is 10.1 Å². The van der Waals surface area contributed by atoms with E-state index in [1.807, 2.05) is 7.05 Å². The molecule has 1 saturated heterocycles. The second-order valence-electron chi connectivity index (χ2n) is 4.58. The third kappa shape index (κ3) is 3.44. The summed E-state index contributed by atoms with van der Waals surface area (Å²) in [4.78, 5) is 2.25. The standard InChI is InChI=1S/C13H19BrN2O/c1-15-6-5-10-3-4-13(12(14)7-10)17-11-8-16(2)9-11/h3-4,7,11,15H,5-6,8-9H2,1-2H3. The Hall–Kier alpha value is -0.580. The van der Waals surface area contributed by atoms with Gasteiger partial charge in [-0.2, -0.15) is 0 Å². The number of hydrogen-bond acceptors (Lipinski definition) is 3. The molecule has 1 aromatic rings. The molecule has 1 heterocycles. The lowest BCUT2D eigenvalue weighted by Crippen LogP contribution is -2.51. The van der Waals surface area contributed by atoms with E-state index >= 15 is 0 Å². The van der Waals surface area contributed by atoms with Crippen molar-refractivity contribution in [3.63, 3.8) is 0 Å². The average Bonchev–Trinajstić information content (AvgIpc) is 2.27. The van der Waals surface area contributed by atoms with Crippen LogP contribution in [-0.4, -0.2) is 44.7 Å². The molecule has 4 heteroatoms. The first kappa shape index (κ1) is 12.9. The monoisotopic (exact) mass is 298 g/mol. The van der Waals surface area contributed by atoms with E-state index in [1.165, 1.54) is 5.56 Å². The third-order valence-electron chi connectivity index (χ3n) is 2.98. The maximum absolute atomic E-state index is 5.91. The molecule has 0 unspecified atom stereocenters. The first-order valence-corrected chi connectivity index (χ1v) is 6.76. The number of nitrogens with one attached hydrogen (secondary N) is 1. The molecule has 1 aliphatic heterocycles. The molecule has 0 radical (unpaired) electrons. The van der Waals surface area contributed by atoms with Gasteiger partial charge < -0.3 is 10.1 Å². The molecular formula is C13H19BrN2O. The van der Waals surface area contributed by atoms with E-state index in [0.717, 1.165) is 36.3 Å². The molecule has 2 rings (SSSR count). The highest BCUT2D eigenvalue weighted by Gasteiger charge is 2.25. The minimum atomic E-state index is 0.347. The van der Waals surface area contributed by atoms with Crippen molar-refractivity contribution in [2.24, 2.45) is 0 Å². The molecule has 1 aliphatic rings. The van der Waals surface area contributed by atoms with Crippen LogP contribution in [-0.2, 0) is 6.42 Å². The maximum atomic E-state index is 5.91. The van der Waals surface area contributed by atoms with Crippen LogP contribution >= 0.6 is 15.9 Å². The Kier molecular flexibility index (Phi) is 4.42. The number of rotatable bonds is 5. The van der Waals surface area contributed by atoms with Gasteiger partial charge in [0.25, 0.3) is 0 Å². The smallest absolute Gasteiger partial charge is 0.134 e. The van der Waals surface area contributed by atoms with Gasteiger partial charge in [0, 0.05) is 13.1 Å². The predicted octanol–water partition coefficient (Wildman–Crippen LogP) is 1.90. The summed E-state index contributed by atoms with van der Waals surface area (Å²) >= 11 is 3.58. The van der Waals surface area contributed by atoms with Crippen LogP contribution in [0.2, 0.25) is 0 Å². The summed E-state index contributed by atoms with van der Waals surface area (Å²) in [6.07, 6.45) is 1.39. The Morgan fingerprint density at radius 3 is 2.82 bits per heavy atom. The largest absolute Gasteiger partial charge is 0.487 e. The highest BCUT2D eigenvalue weighted by molar-refractivity contribution is 9.10. The number of benzene rings is 1. The molecule has 0 saturated carbocycles. The van der Waals surface area contributed by atoms with Gasteiger partial charge in [-0.1, -0.05) is 6.07 Å². The summed E-state index contributed by atoms with van der Waals surface area (Å²) in [7, 11) is 4.08. The molecule has 0 amide bonds. The van der Waals surface area contributed by atoms with E-state index in [2.05, 4.69) is 51.4 Å². The summed E-state index contributed by atoms with van der Waals surface area (Å²) < 4.78 is 6.96. The van der Waals surface area contributed by atoms with Gasteiger partial charge in [-0.15, -0.1) is 0 Å². The lowest BCUT2D eigenvalue weighted by Gasteiger charge is -2.36. The normalized spacial score (nSPS) is 16.9. The quantitative estimate of drug-likeness (QED) is 0.899. The van der Waals surface area contributed by atoms with Crippen molar-refractivity contribution < 1.29 is 4.74 Å². The highest BCUT2D eigenvalue weighted by Crippen LogP contribution is 2.28. The van der Waals surface area contributed by atoms with E-state index < -0.39 is 0 Å². The van der Waals surface area contributed by atoms with Crippen molar-refractivity contribution in [3.8, 4) is 5.75 Å². The predicted molar refractivity (Wildman–Crippen MR) is 73.7 cm³/mol. The summed E-state index contributed by atoms with van der Waals surface area (Å²) in [5.74, 6) is 0.955. The second-order valence-corrected chi connectivity index (χ2v) is 5.43. The van der Waals surface area contributed by atoms with Crippen molar-refractivity contribution >= 4 is 15.9 Å². The summed E-state index contributed by atoms with van der Waals surface area (Å²) in [6, 6.07) is 6.35. The summed E-state index contributed by atoms with van der Waals surface area (Å²) in [6.45, 7) is 3.04. The fourth-order valence-electron chi connectivity index (χ4n) is 1.96. The van der Waals surface area contributed by atoms with Gasteiger partial charge in [-0.05, 0) is 60.7 Å². The van der Waals surface area contributed by atoms with Crippen LogP contribution in [0.1, 0.15) is 5.56 Å². The van der Waals surface area contributed by atoms with Crippen LogP contribution in [0.3, 0.4) is 0 Å². The van der Waals surface area contributed by atoms with E-state index in [9.17, 15) is 0 Å². The van der Waals surface area contributed by atoms with Crippen LogP contribution in [0.5, 0.6) is 5.75 Å². The number of hydrogen-bond donors (Lipinski definition) is 1. The zero-order valence-electron chi connectivity index (χ0n) is 10.4. The van der Waals surface area contributed by atoms with E-state index in [4.69, 9.17) is 4.74 Å². The molecular weight excluding hydrogens is 280 g/mol. The Morgan fingerprint density at radius 1 is 1.47 bits per heavy atom. The van der Waals surface area contributed by atoms with Gasteiger partial charge >= 0.3 is 0 Å². The van der Waals surface area contributed by atoms with Crippen molar-refractivity contribution in [1.82, 2.24) is 10.2 Å². The zero-order chi connectivity index (χ0) is 12.3. The molecule has 94 valence electrons. The molecule has 0 atom stereocenters. The van der Waals surface area contributed by atoms with Gasteiger partial charge in [0.05, 0.1) is 4.47 Å². The Morgan fingerprint density at radius 2 is 2.24 bits per heavy atom. The fourth-order valence-corrected chi connectivity index (χ4v) is 2.48. The number of likely N-dealkylation sites (tertiary alicyclic amines) is 1. The second kappa shape index (κ2) is 5.85. The summed E-state index contributed by atoms with van der Waals surface area (Å²) in [5.41, 5.74) is 1.32. The van der Waals surface area contributed by atoms with Crippen LogP contribution in [0, 0.1) is 0 Å². The van der Waals surface area contributed by atoms with Gasteiger partial charge in [0.1, 0.15) is 11.9 Å². The molecule has 0 spiro atoms. The number of likely N-dealkylation sites (N-methyl/N-ethyl adjacent to an activating group) is 2. The molecule has 17 heavy (non-hydrogen) atoms. The zero-order valence-corrected chi connectivity index (χ0v) is 12.0. The van der Waals surface area contributed by atoms with Crippen LogP contribution in [0.15, 0.2) is 22.7 Å². The molecule has 1 aromatic carbocycles. The Labute approximate surface area is 111 Å². The van der Waals surface area contributed by atoms with Gasteiger partial charge in [-0.3, -0.25) is 4.90 Å². The minimum Gasteiger partial charge on any atom is -0.487 e. The Bertz CT molecular complexity index is 378. The van der Waals surface area contributed by atoms with E-state index in [0.29, 0.717) is 6.10 Å². The maximum Gasteiger partial charge on any atom is 0.134 e. The number of nitrogens with zero attached hydrogens (tertiary/aromatic N) is 1. The molecule has 1 N–H and O–H groups in total. The van der Waals surface area contributed by atoms with Gasteiger partial charge in [0.15, 0.2) is 0 Å². The first-order valence-electron chi connectivity index (χ1n) is 5.97. The molecule has 3 nitrogen and oxygen atoms in total. The van der Waals surface area contributed by atoms with Gasteiger partial charge in [-0.25, -0.2) is 0 Å². The molecule has 0 bridgehead atoms. The third-order valence-corrected chi connectivity index (χ3v) is 3.60. The molecule has 0 aromatic heterocycles. The van der Waals surface area contributed by atoms with E-state index in [-0.39, 0.29) is 0 Å². The van der Waals surface area contributed by atoms with Crippen molar-refractivity contribution in [2.75, 3.05) is 33.7 Å². The van der Waals surface area contributed by atoms with Gasteiger partial charge in [0.2, 0.25) is 0 Å². The molecule has 1 fully saturated rings. The lowest BCUT2D eigenvalue weighted by molar-refractivity contribution is 0.0383. The first-order chi connectivity index (χ1) is 8.19. The minimum absolute atomic E-state index is 0.347. The Balaban J connectivity index is 1.94. The van der Waals surface area contributed by atoms with Crippen LogP contribution in [0.4, 0.5) is 0 Å². The molecule has 0 aliphatic carbocycles. The van der Waals surface area contributed by atoms with Crippen molar-refractivity contribution in [2.45, 2.75) is 12.5 Å². The van der Waals surface area contributed by atoms with Crippen LogP contribution in [0.25, 0.3) is 0 Å². The number of halogens is 1. The topological polar surface area (TPSA) is 24.5 Å². The summed E-state index contributed by atoms with van der Waals surface area (Å²) in [5, 5.41) is 3.15. The van der Waals surface area contributed by atoms with Crippen molar-refractivity contribution in [3.05, 3.63) is 28.2 Å². The van der Waals surface area contributed by atoms with E-state index in [1.54, 1.807) is 0 Å². The fraction of sp³-hybridized carbons (Fsp3) is 0.538. The lowest BCUT2D eigenvalue weighted by atomic mass is 10.1. The highest BCUT2D eigenvalue weighted by atomic mass is 79.9. The SMILES string of the molecule is CNCCc1ccc(OC2CN(C)C2)c(Br)c1. The number of ether oxygens (including phenoxy) is 1. The average molecular weight is 299 g/mol.